The lowest BCUT2D eigenvalue weighted by atomic mass is 10.1. The average molecular weight is 264 g/mol. The van der Waals surface area contributed by atoms with Crippen molar-refractivity contribution in [1.82, 2.24) is 0 Å². The summed E-state index contributed by atoms with van der Waals surface area (Å²) in [5, 5.41) is 0. The summed E-state index contributed by atoms with van der Waals surface area (Å²) in [6.45, 7) is 12.0. The lowest BCUT2D eigenvalue weighted by molar-refractivity contribution is -0.957. The van der Waals surface area contributed by atoms with Crippen LogP contribution in [0.5, 0.6) is 0 Å². The third-order valence-corrected chi connectivity index (χ3v) is 4.42. The Morgan fingerprint density at radius 2 is 1.63 bits per heavy atom. The van der Waals surface area contributed by atoms with Crippen molar-refractivity contribution in [2.24, 2.45) is 0 Å². The fourth-order valence-electron chi connectivity index (χ4n) is 2.50. The van der Waals surface area contributed by atoms with Crippen LogP contribution >= 0.6 is 0 Å². The molecule has 0 spiro atoms. The van der Waals surface area contributed by atoms with Gasteiger partial charge in [0, 0.05) is 6.42 Å². The molecule has 108 valence electrons. The highest BCUT2D eigenvalue weighted by atomic mass is 15.2. The molecule has 1 unspecified atom stereocenters. The molecule has 1 rings (SSSR count). The van der Waals surface area contributed by atoms with Gasteiger partial charge in [-0.05, 0) is 32.8 Å². The first-order valence-corrected chi connectivity index (χ1v) is 7.87. The van der Waals surface area contributed by atoms with Crippen LogP contribution in [0.3, 0.4) is 0 Å². The molecular weight excluding hydrogens is 232 g/mol. The van der Waals surface area contributed by atoms with Gasteiger partial charge in [-0.15, -0.1) is 0 Å². The standard InChI is InChI=1S/C17H30N2/c1-5-19(6-2)15-14-18(4)16(3)12-13-17-10-8-7-9-11-17/h7-11,16H,5-6,12-15H2,1-4H3/p+2/t16-/m1/s1. The van der Waals surface area contributed by atoms with Gasteiger partial charge >= 0.3 is 0 Å². The van der Waals surface area contributed by atoms with E-state index < -0.39 is 0 Å². The van der Waals surface area contributed by atoms with Crippen LogP contribution < -0.4 is 9.80 Å². The fraction of sp³-hybridized carbons (Fsp3) is 0.647. The minimum Gasteiger partial charge on any atom is -0.331 e. The van der Waals surface area contributed by atoms with Gasteiger partial charge in [0.1, 0.15) is 13.1 Å². The SMILES string of the molecule is CC[NH+](CC)CC[NH+](C)[C@H](C)CCc1ccccc1. The zero-order valence-corrected chi connectivity index (χ0v) is 13.2. The predicted octanol–water partition coefficient (Wildman–Crippen LogP) is 0.447. The Balaban J connectivity index is 2.26. The van der Waals surface area contributed by atoms with E-state index in [0.717, 1.165) is 6.04 Å². The Hall–Kier alpha value is -0.860. The van der Waals surface area contributed by atoms with Crippen LogP contribution in [-0.2, 0) is 6.42 Å². The highest BCUT2D eigenvalue weighted by Gasteiger charge is 2.14. The summed E-state index contributed by atoms with van der Waals surface area (Å²) in [6, 6.07) is 11.6. The molecule has 0 aliphatic rings. The van der Waals surface area contributed by atoms with Gasteiger partial charge in [-0.25, -0.2) is 0 Å². The first kappa shape index (κ1) is 16.2. The Bertz CT molecular complexity index is 319. The van der Waals surface area contributed by atoms with Crippen LogP contribution in [0.15, 0.2) is 30.3 Å². The largest absolute Gasteiger partial charge is 0.331 e. The number of aryl methyl sites for hydroxylation is 1. The van der Waals surface area contributed by atoms with Gasteiger partial charge in [0.25, 0.3) is 0 Å². The topological polar surface area (TPSA) is 8.88 Å². The minimum absolute atomic E-state index is 0.746. The van der Waals surface area contributed by atoms with Gasteiger partial charge in [-0.3, -0.25) is 0 Å². The first-order valence-electron chi connectivity index (χ1n) is 7.87. The molecule has 2 N–H and O–H groups in total. The van der Waals surface area contributed by atoms with Crippen molar-refractivity contribution >= 4 is 0 Å². The summed E-state index contributed by atoms with van der Waals surface area (Å²) in [4.78, 5) is 3.39. The number of nitrogens with one attached hydrogen (secondary N) is 2. The van der Waals surface area contributed by atoms with E-state index in [4.69, 9.17) is 0 Å². The number of hydrogen-bond donors (Lipinski definition) is 2. The molecule has 0 saturated carbocycles. The van der Waals surface area contributed by atoms with Gasteiger partial charge in [-0.2, -0.15) is 0 Å². The van der Waals surface area contributed by atoms with E-state index in [1.165, 1.54) is 44.6 Å². The Morgan fingerprint density at radius 1 is 1.00 bits per heavy atom. The lowest BCUT2D eigenvalue weighted by Crippen LogP contribution is -3.20. The van der Waals surface area contributed by atoms with Crippen LogP contribution in [0.2, 0.25) is 0 Å². The third-order valence-electron chi connectivity index (χ3n) is 4.42. The first-order chi connectivity index (χ1) is 9.17. The minimum atomic E-state index is 0.746. The highest BCUT2D eigenvalue weighted by molar-refractivity contribution is 5.14. The van der Waals surface area contributed by atoms with E-state index >= 15 is 0 Å². The summed E-state index contributed by atoms with van der Waals surface area (Å²) in [6.07, 6.45) is 2.49. The van der Waals surface area contributed by atoms with Crippen LogP contribution in [0.25, 0.3) is 0 Å². The summed E-state index contributed by atoms with van der Waals surface area (Å²) in [5.41, 5.74) is 1.47. The molecule has 2 nitrogen and oxygen atoms in total. The van der Waals surface area contributed by atoms with Crippen LogP contribution in [-0.4, -0.2) is 39.3 Å². The number of rotatable bonds is 9. The molecule has 0 bridgehead atoms. The van der Waals surface area contributed by atoms with Gasteiger partial charge in [0.15, 0.2) is 0 Å². The lowest BCUT2D eigenvalue weighted by Gasteiger charge is -2.24. The molecule has 19 heavy (non-hydrogen) atoms. The number of benzene rings is 1. The number of hydrogen-bond acceptors (Lipinski definition) is 0. The molecule has 0 aromatic heterocycles. The molecule has 0 radical (unpaired) electrons. The van der Waals surface area contributed by atoms with Crippen molar-refractivity contribution in [3.63, 3.8) is 0 Å². The Kier molecular flexibility index (Phi) is 7.76. The fourth-order valence-corrected chi connectivity index (χ4v) is 2.50. The van der Waals surface area contributed by atoms with Crippen LogP contribution in [0, 0.1) is 0 Å². The third kappa shape index (κ3) is 6.22. The maximum atomic E-state index is 2.38. The summed E-state index contributed by atoms with van der Waals surface area (Å²) < 4.78 is 0. The van der Waals surface area contributed by atoms with E-state index in [-0.39, 0.29) is 0 Å². The van der Waals surface area contributed by atoms with Crippen molar-refractivity contribution in [1.29, 1.82) is 0 Å². The smallest absolute Gasteiger partial charge is 0.127 e. The zero-order valence-electron chi connectivity index (χ0n) is 13.2. The maximum Gasteiger partial charge on any atom is 0.127 e. The normalized spacial score (nSPS) is 14.6. The second-order valence-corrected chi connectivity index (χ2v) is 5.73. The second kappa shape index (κ2) is 9.11. The molecule has 0 aliphatic heterocycles. The molecule has 0 aliphatic carbocycles. The van der Waals surface area contributed by atoms with Gasteiger partial charge in [0.2, 0.25) is 0 Å². The predicted molar refractivity (Wildman–Crippen MR) is 82.9 cm³/mol. The maximum absolute atomic E-state index is 2.38. The van der Waals surface area contributed by atoms with Crippen LogP contribution in [0.1, 0.15) is 32.8 Å². The van der Waals surface area contributed by atoms with Crippen molar-refractivity contribution in [2.75, 3.05) is 33.2 Å². The number of likely N-dealkylation sites (N-methyl/N-ethyl adjacent to an activating group) is 2. The average Bonchev–Trinajstić information content (AvgIpc) is 2.46. The van der Waals surface area contributed by atoms with E-state index in [0.29, 0.717) is 0 Å². The summed E-state index contributed by atoms with van der Waals surface area (Å²) in [5.74, 6) is 0. The van der Waals surface area contributed by atoms with E-state index in [1.807, 2.05) is 0 Å². The molecule has 2 heteroatoms. The van der Waals surface area contributed by atoms with Gasteiger partial charge in [-0.1, -0.05) is 30.3 Å². The van der Waals surface area contributed by atoms with Gasteiger partial charge < -0.3 is 9.80 Å². The second-order valence-electron chi connectivity index (χ2n) is 5.73. The van der Waals surface area contributed by atoms with Crippen molar-refractivity contribution in [2.45, 2.75) is 39.7 Å². The quantitative estimate of drug-likeness (QED) is 0.641. The molecule has 1 aromatic carbocycles. The van der Waals surface area contributed by atoms with E-state index in [2.05, 4.69) is 58.2 Å². The highest BCUT2D eigenvalue weighted by Crippen LogP contribution is 2.03. The Morgan fingerprint density at radius 3 is 2.21 bits per heavy atom. The zero-order chi connectivity index (χ0) is 14.1. The molecule has 0 amide bonds. The molecular formula is C17H32N2+2. The molecule has 0 fully saturated rings. The molecule has 0 saturated heterocycles. The van der Waals surface area contributed by atoms with Crippen molar-refractivity contribution in [3.8, 4) is 0 Å². The summed E-state index contributed by atoms with van der Waals surface area (Å²) >= 11 is 0. The Labute approximate surface area is 119 Å². The van der Waals surface area contributed by atoms with Crippen molar-refractivity contribution in [3.05, 3.63) is 35.9 Å². The summed E-state index contributed by atoms with van der Waals surface area (Å²) in [7, 11) is 2.35. The van der Waals surface area contributed by atoms with Crippen molar-refractivity contribution < 1.29 is 9.80 Å². The molecule has 0 heterocycles. The number of quaternary nitrogens is 2. The van der Waals surface area contributed by atoms with E-state index in [1.54, 1.807) is 9.80 Å². The van der Waals surface area contributed by atoms with E-state index in [9.17, 15) is 0 Å². The van der Waals surface area contributed by atoms with Gasteiger partial charge in [0.05, 0.1) is 26.2 Å². The monoisotopic (exact) mass is 264 g/mol. The van der Waals surface area contributed by atoms with Crippen LogP contribution in [0.4, 0.5) is 0 Å². The molecule has 1 aromatic rings. The molecule has 2 atom stereocenters.